The lowest BCUT2D eigenvalue weighted by atomic mass is 9.98. The monoisotopic (exact) mass is 495 g/mol. The quantitative estimate of drug-likeness (QED) is 0.414. The maximum absolute atomic E-state index is 12.6. The molecule has 1 aromatic heterocycles. The highest BCUT2D eigenvalue weighted by atomic mass is 32.1. The van der Waals surface area contributed by atoms with Crippen LogP contribution in [-0.4, -0.2) is 54.4 Å². The first-order valence-electron chi connectivity index (χ1n) is 11.0. The summed E-state index contributed by atoms with van der Waals surface area (Å²) < 4.78 is 10.7. The summed E-state index contributed by atoms with van der Waals surface area (Å²) in [5.74, 6) is -1.66. The van der Waals surface area contributed by atoms with E-state index in [0.717, 1.165) is 33.6 Å². The average Bonchev–Trinajstić information content (AvgIpc) is 3.47. The van der Waals surface area contributed by atoms with Gasteiger partial charge in [-0.1, -0.05) is 48.5 Å². The lowest BCUT2D eigenvalue weighted by Gasteiger charge is -2.19. The number of aromatic nitrogens is 1. The van der Waals surface area contributed by atoms with E-state index in [1.54, 1.807) is 6.92 Å². The number of benzene rings is 2. The van der Waals surface area contributed by atoms with Gasteiger partial charge in [0, 0.05) is 18.4 Å². The molecule has 9 nitrogen and oxygen atoms in total. The number of amides is 2. The van der Waals surface area contributed by atoms with Gasteiger partial charge in [-0.15, -0.1) is 11.3 Å². The Hall–Kier alpha value is -3.76. The SMILES string of the molecule is COC(CNC(=O)OCC1c2ccccc2-c2ccccc21)C(=O)NC(C)c1nc(C(=O)O)cs1. The predicted molar refractivity (Wildman–Crippen MR) is 129 cm³/mol. The Kier molecular flexibility index (Phi) is 7.42. The van der Waals surface area contributed by atoms with Crippen LogP contribution in [0.15, 0.2) is 53.9 Å². The summed E-state index contributed by atoms with van der Waals surface area (Å²) in [6.07, 6.45) is -1.61. The molecule has 0 saturated carbocycles. The maximum atomic E-state index is 12.6. The summed E-state index contributed by atoms with van der Waals surface area (Å²) in [4.78, 5) is 40.0. The average molecular weight is 496 g/mol. The van der Waals surface area contributed by atoms with E-state index in [-0.39, 0.29) is 24.8 Å². The molecule has 182 valence electrons. The molecule has 1 heterocycles. The third-order valence-electron chi connectivity index (χ3n) is 5.82. The molecule has 4 rings (SSSR count). The molecule has 0 saturated heterocycles. The maximum Gasteiger partial charge on any atom is 0.407 e. The molecule has 35 heavy (non-hydrogen) atoms. The van der Waals surface area contributed by atoms with Crippen molar-refractivity contribution in [3.63, 3.8) is 0 Å². The van der Waals surface area contributed by atoms with Gasteiger partial charge in [-0.05, 0) is 29.2 Å². The van der Waals surface area contributed by atoms with E-state index < -0.39 is 30.1 Å². The number of carboxylic acids is 1. The van der Waals surface area contributed by atoms with Crippen LogP contribution < -0.4 is 10.6 Å². The van der Waals surface area contributed by atoms with Crippen molar-refractivity contribution in [2.24, 2.45) is 0 Å². The summed E-state index contributed by atoms with van der Waals surface area (Å²) in [5.41, 5.74) is 4.41. The molecular formula is C25H25N3O6S. The van der Waals surface area contributed by atoms with Gasteiger partial charge >= 0.3 is 12.1 Å². The molecule has 3 aromatic rings. The third kappa shape index (κ3) is 5.33. The second-order valence-corrected chi connectivity index (χ2v) is 8.93. The highest BCUT2D eigenvalue weighted by molar-refractivity contribution is 7.09. The van der Waals surface area contributed by atoms with Crippen molar-refractivity contribution in [2.45, 2.75) is 25.0 Å². The molecule has 2 atom stereocenters. The second kappa shape index (κ2) is 10.7. The molecule has 0 fully saturated rings. The van der Waals surface area contributed by atoms with Gasteiger partial charge in [-0.25, -0.2) is 14.6 Å². The zero-order valence-electron chi connectivity index (χ0n) is 19.2. The number of nitrogens with zero attached hydrogens (tertiary/aromatic N) is 1. The first kappa shape index (κ1) is 24.4. The first-order valence-corrected chi connectivity index (χ1v) is 11.9. The van der Waals surface area contributed by atoms with E-state index in [2.05, 4.69) is 27.8 Å². The van der Waals surface area contributed by atoms with Crippen LogP contribution in [0.3, 0.4) is 0 Å². The first-order chi connectivity index (χ1) is 16.9. The Balaban J connectivity index is 1.30. The van der Waals surface area contributed by atoms with Crippen molar-refractivity contribution in [3.05, 3.63) is 75.7 Å². The molecule has 1 aliphatic rings. The van der Waals surface area contributed by atoms with E-state index in [1.165, 1.54) is 12.5 Å². The van der Waals surface area contributed by atoms with Crippen molar-refractivity contribution >= 4 is 29.3 Å². The van der Waals surface area contributed by atoms with Crippen LogP contribution in [0.5, 0.6) is 0 Å². The summed E-state index contributed by atoms with van der Waals surface area (Å²) in [5, 5.41) is 16.2. The molecule has 2 amide bonds. The Morgan fingerprint density at radius 1 is 1.09 bits per heavy atom. The van der Waals surface area contributed by atoms with Gasteiger partial charge < -0.3 is 25.2 Å². The number of carbonyl (C=O) groups excluding carboxylic acids is 2. The third-order valence-corrected chi connectivity index (χ3v) is 6.85. The Morgan fingerprint density at radius 3 is 2.29 bits per heavy atom. The summed E-state index contributed by atoms with van der Waals surface area (Å²) in [7, 11) is 1.36. The second-order valence-electron chi connectivity index (χ2n) is 8.04. The highest BCUT2D eigenvalue weighted by Gasteiger charge is 2.29. The molecule has 2 unspecified atom stereocenters. The van der Waals surface area contributed by atoms with Crippen LogP contribution in [0.1, 0.15) is 45.5 Å². The van der Waals surface area contributed by atoms with Crippen LogP contribution in [0.4, 0.5) is 4.79 Å². The lowest BCUT2D eigenvalue weighted by molar-refractivity contribution is -0.131. The minimum Gasteiger partial charge on any atom is -0.476 e. The van der Waals surface area contributed by atoms with Crippen LogP contribution in [0, 0.1) is 0 Å². The minimum atomic E-state index is -1.13. The summed E-state index contributed by atoms with van der Waals surface area (Å²) in [6, 6.07) is 15.6. The number of alkyl carbamates (subject to hydrolysis) is 1. The molecule has 0 bridgehead atoms. The van der Waals surface area contributed by atoms with Gasteiger partial charge in [-0.3, -0.25) is 4.79 Å². The van der Waals surface area contributed by atoms with Crippen LogP contribution in [-0.2, 0) is 14.3 Å². The minimum absolute atomic E-state index is 0.0653. The van der Waals surface area contributed by atoms with E-state index in [4.69, 9.17) is 14.6 Å². The van der Waals surface area contributed by atoms with Gasteiger partial charge in [-0.2, -0.15) is 0 Å². The lowest BCUT2D eigenvalue weighted by Crippen LogP contribution is -2.44. The van der Waals surface area contributed by atoms with Crippen molar-refractivity contribution in [2.75, 3.05) is 20.3 Å². The van der Waals surface area contributed by atoms with Gasteiger partial charge in [0.1, 0.15) is 11.6 Å². The number of fused-ring (bicyclic) bond motifs is 3. The van der Waals surface area contributed by atoms with Gasteiger partial charge in [0.25, 0.3) is 5.91 Å². The predicted octanol–water partition coefficient (Wildman–Crippen LogP) is 3.57. The number of methoxy groups -OCH3 is 1. The van der Waals surface area contributed by atoms with Crippen LogP contribution in [0.25, 0.3) is 11.1 Å². The normalized spacial score (nSPS) is 13.9. The van der Waals surface area contributed by atoms with Crippen molar-refractivity contribution in [1.82, 2.24) is 15.6 Å². The molecule has 10 heteroatoms. The largest absolute Gasteiger partial charge is 0.476 e. The number of rotatable bonds is 9. The van der Waals surface area contributed by atoms with Crippen LogP contribution >= 0.6 is 11.3 Å². The fourth-order valence-corrected chi connectivity index (χ4v) is 4.86. The molecule has 0 radical (unpaired) electrons. The topological polar surface area (TPSA) is 127 Å². The number of aromatic carboxylic acids is 1. The van der Waals surface area contributed by atoms with Gasteiger partial charge in [0.2, 0.25) is 0 Å². The fourth-order valence-electron chi connectivity index (χ4n) is 4.06. The Morgan fingerprint density at radius 2 is 1.71 bits per heavy atom. The zero-order chi connectivity index (χ0) is 24.9. The van der Waals surface area contributed by atoms with Crippen molar-refractivity contribution < 1.29 is 29.0 Å². The number of carbonyl (C=O) groups is 3. The van der Waals surface area contributed by atoms with Gasteiger partial charge in [0.15, 0.2) is 11.8 Å². The smallest absolute Gasteiger partial charge is 0.407 e. The standard InChI is InChI=1S/C25H25N3O6S/c1-14(23-28-20(13-35-23)24(30)31)27-22(29)21(33-2)11-26-25(32)34-12-19-17-9-5-3-7-15(17)16-8-4-6-10-18(16)19/h3-10,13-14,19,21H,11-12H2,1-2H3,(H,26,32)(H,27,29)(H,30,31). The number of hydrogen-bond acceptors (Lipinski definition) is 7. The molecule has 0 spiro atoms. The molecule has 3 N–H and O–H groups in total. The zero-order valence-corrected chi connectivity index (χ0v) is 20.0. The highest BCUT2D eigenvalue weighted by Crippen LogP contribution is 2.44. The number of carboxylic acid groups (broad SMARTS) is 1. The Bertz CT molecular complexity index is 1200. The number of hydrogen-bond donors (Lipinski definition) is 3. The molecule has 2 aromatic carbocycles. The Labute approximate surface area is 206 Å². The fraction of sp³-hybridized carbons (Fsp3) is 0.280. The van der Waals surface area contributed by atoms with E-state index in [0.29, 0.717) is 5.01 Å². The van der Waals surface area contributed by atoms with Crippen molar-refractivity contribution in [1.29, 1.82) is 0 Å². The number of ether oxygens (including phenoxy) is 2. The van der Waals surface area contributed by atoms with Crippen molar-refractivity contribution in [3.8, 4) is 11.1 Å². The number of nitrogens with one attached hydrogen (secondary N) is 2. The van der Waals surface area contributed by atoms with Gasteiger partial charge in [0.05, 0.1) is 12.6 Å². The number of thiazole rings is 1. The van der Waals surface area contributed by atoms with E-state index >= 15 is 0 Å². The summed E-state index contributed by atoms with van der Waals surface area (Å²) in [6.45, 7) is 1.76. The van der Waals surface area contributed by atoms with Crippen LogP contribution in [0.2, 0.25) is 0 Å². The van der Waals surface area contributed by atoms with E-state index in [1.807, 2.05) is 36.4 Å². The molecule has 0 aliphatic heterocycles. The molecule has 1 aliphatic carbocycles. The molecular weight excluding hydrogens is 470 g/mol. The summed E-state index contributed by atoms with van der Waals surface area (Å²) >= 11 is 1.14. The van der Waals surface area contributed by atoms with E-state index in [9.17, 15) is 14.4 Å².